The Balaban J connectivity index is 3.02. The first kappa shape index (κ1) is 8.87. The van der Waals surface area contributed by atoms with Crippen LogP contribution in [0.3, 0.4) is 0 Å². The molecular formula is C9H9FO2. The van der Waals surface area contributed by atoms with Crippen LogP contribution in [0.4, 0.5) is 4.39 Å². The van der Waals surface area contributed by atoms with Crippen molar-refractivity contribution in [1.29, 1.82) is 0 Å². The maximum atomic E-state index is 12.6. The van der Waals surface area contributed by atoms with Crippen LogP contribution in [0.2, 0.25) is 0 Å². The van der Waals surface area contributed by atoms with Gasteiger partial charge in [-0.25, -0.2) is 4.39 Å². The molecule has 0 aliphatic heterocycles. The smallest absolute Gasteiger partial charge is 0.150 e. The first-order chi connectivity index (χ1) is 5.77. The van der Waals surface area contributed by atoms with Gasteiger partial charge in [0.2, 0.25) is 0 Å². The highest BCUT2D eigenvalue weighted by Gasteiger charge is 2.01. The van der Waals surface area contributed by atoms with Gasteiger partial charge < -0.3 is 5.11 Å². The largest absolute Gasteiger partial charge is 0.396 e. The van der Waals surface area contributed by atoms with Gasteiger partial charge in [0.1, 0.15) is 12.1 Å². The summed E-state index contributed by atoms with van der Waals surface area (Å²) in [6.45, 7) is -0.0352. The molecule has 1 rings (SSSR count). The zero-order valence-corrected chi connectivity index (χ0v) is 6.46. The molecule has 0 aliphatic carbocycles. The molecule has 0 amide bonds. The summed E-state index contributed by atoms with van der Waals surface area (Å²) >= 11 is 0. The van der Waals surface area contributed by atoms with E-state index in [9.17, 15) is 9.18 Å². The summed E-state index contributed by atoms with van der Waals surface area (Å²) in [6.07, 6.45) is 0.975. The topological polar surface area (TPSA) is 37.3 Å². The van der Waals surface area contributed by atoms with E-state index in [1.165, 1.54) is 12.1 Å². The summed E-state index contributed by atoms with van der Waals surface area (Å²) in [7, 11) is 0. The molecule has 0 unspecified atom stereocenters. The molecule has 12 heavy (non-hydrogen) atoms. The summed E-state index contributed by atoms with van der Waals surface area (Å²) in [6, 6.07) is 3.95. The minimum atomic E-state index is -0.432. The third-order valence-corrected chi connectivity index (χ3v) is 1.62. The molecule has 0 atom stereocenters. The summed E-state index contributed by atoms with van der Waals surface area (Å²) in [5, 5.41) is 8.60. The van der Waals surface area contributed by atoms with Gasteiger partial charge in [0.05, 0.1) is 0 Å². The highest BCUT2D eigenvalue weighted by molar-refractivity contribution is 5.77. The van der Waals surface area contributed by atoms with E-state index in [2.05, 4.69) is 0 Å². The SMILES string of the molecule is O=Cc1cc(F)ccc1CCO. The minimum absolute atomic E-state index is 0.0352. The van der Waals surface area contributed by atoms with E-state index in [4.69, 9.17) is 5.11 Å². The van der Waals surface area contributed by atoms with Crippen LogP contribution in [-0.2, 0) is 6.42 Å². The Kier molecular flexibility index (Phi) is 2.94. The molecule has 0 saturated carbocycles. The first-order valence-electron chi connectivity index (χ1n) is 3.62. The van der Waals surface area contributed by atoms with Crippen LogP contribution in [0.15, 0.2) is 18.2 Å². The highest BCUT2D eigenvalue weighted by atomic mass is 19.1. The maximum absolute atomic E-state index is 12.6. The van der Waals surface area contributed by atoms with Crippen molar-refractivity contribution in [1.82, 2.24) is 0 Å². The molecule has 0 heterocycles. The lowest BCUT2D eigenvalue weighted by Crippen LogP contribution is -1.97. The molecule has 0 bridgehead atoms. The Morgan fingerprint density at radius 1 is 1.50 bits per heavy atom. The lowest BCUT2D eigenvalue weighted by atomic mass is 10.1. The molecule has 0 saturated heterocycles. The number of benzene rings is 1. The highest BCUT2D eigenvalue weighted by Crippen LogP contribution is 2.09. The zero-order chi connectivity index (χ0) is 8.97. The van der Waals surface area contributed by atoms with Crippen molar-refractivity contribution in [3.05, 3.63) is 35.1 Å². The fraction of sp³-hybridized carbons (Fsp3) is 0.222. The number of carbonyl (C=O) groups is 1. The van der Waals surface area contributed by atoms with E-state index >= 15 is 0 Å². The van der Waals surface area contributed by atoms with Gasteiger partial charge in [-0.15, -0.1) is 0 Å². The van der Waals surface area contributed by atoms with Crippen molar-refractivity contribution < 1.29 is 14.3 Å². The first-order valence-corrected chi connectivity index (χ1v) is 3.62. The van der Waals surface area contributed by atoms with Crippen molar-refractivity contribution >= 4 is 6.29 Å². The molecule has 0 fully saturated rings. The summed E-state index contributed by atoms with van der Waals surface area (Å²) in [5.41, 5.74) is 0.984. The van der Waals surface area contributed by atoms with Crippen molar-refractivity contribution in [2.24, 2.45) is 0 Å². The Labute approximate surface area is 69.6 Å². The fourth-order valence-corrected chi connectivity index (χ4v) is 1.02. The number of hydrogen-bond donors (Lipinski definition) is 1. The number of carbonyl (C=O) groups excluding carboxylic acids is 1. The number of rotatable bonds is 3. The van der Waals surface area contributed by atoms with Crippen LogP contribution < -0.4 is 0 Å². The molecule has 2 nitrogen and oxygen atoms in total. The van der Waals surface area contributed by atoms with Crippen LogP contribution in [0, 0.1) is 5.82 Å². The average Bonchev–Trinajstić information content (AvgIpc) is 2.08. The van der Waals surface area contributed by atoms with Crippen LogP contribution in [0.5, 0.6) is 0 Å². The molecule has 1 N–H and O–H groups in total. The quantitative estimate of drug-likeness (QED) is 0.688. The molecule has 0 aromatic heterocycles. The zero-order valence-electron chi connectivity index (χ0n) is 6.46. The molecule has 0 aliphatic rings. The third kappa shape index (κ3) is 1.89. The molecule has 0 radical (unpaired) electrons. The number of aliphatic hydroxyl groups is 1. The number of aldehydes is 1. The second-order valence-corrected chi connectivity index (χ2v) is 2.43. The van der Waals surface area contributed by atoms with Gasteiger partial charge in [-0.05, 0) is 24.1 Å². The van der Waals surface area contributed by atoms with Gasteiger partial charge in [0, 0.05) is 12.2 Å². The van der Waals surface area contributed by atoms with Gasteiger partial charge in [0.15, 0.2) is 0 Å². The van der Waals surface area contributed by atoms with Gasteiger partial charge in [-0.1, -0.05) is 6.07 Å². The van der Waals surface area contributed by atoms with Crippen LogP contribution in [0.25, 0.3) is 0 Å². The van der Waals surface area contributed by atoms with E-state index in [1.54, 1.807) is 0 Å². The Morgan fingerprint density at radius 3 is 2.83 bits per heavy atom. The second-order valence-electron chi connectivity index (χ2n) is 2.43. The molecular weight excluding hydrogens is 159 g/mol. The summed E-state index contributed by atoms with van der Waals surface area (Å²) in [5.74, 6) is -0.432. The summed E-state index contributed by atoms with van der Waals surface area (Å²) in [4.78, 5) is 10.4. The fourth-order valence-electron chi connectivity index (χ4n) is 1.02. The molecule has 1 aromatic rings. The van der Waals surface area contributed by atoms with E-state index in [-0.39, 0.29) is 6.61 Å². The lowest BCUT2D eigenvalue weighted by Gasteiger charge is -2.01. The van der Waals surface area contributed by atoms with Crippen molar-refractivity contribution in [2.75, 3.05) is 6.61 Å². The van der Waals surface area contributed by atoms with E-state index < -0.39 is 5.82 Å². The maximum Gasteiger partial charge on any atom is 0.150 e. The Morgan fingerprint density at radius 2 is 2.25 bits per heavy atom. The van der Waals surface area contributed by atoms with Gasteiger partial charge >= 0.3 is 0 Å². The minimum Gasteiger partial charge on any atom is -0.396 e. The van der Waals surface area contributed by atoms with Gasteiger partial charge in [-0.2, -0.15) is 0 Å². The Hall–Kier alpha value is -1.22. The standard InChI is InChI=1S/C9H9FO2/c10-9-2-1-7(3-4-11)8(5-9)6-12/h1-2,5-6,11H,3-4H2. The summed E-state index contributed by atoms with van der Waals surface area (Å²) < 4.78 is 12.6. The molecule has 64 valence electrons. The van der Waals surface area contributed by atoms with Gasteiger partial charge in [0.25, 0.3) is 0 Å². The van der Waals surface area contributed by atoms with Crippen LogP contribution >= 0.6 is 0 Å². The molecule has 0 spiro atoms. The second kappa shape index (κ2) is 3.97. The third-order valence-electron chi connectivity index (χ3n) is 1.62. The van der Waals surface area contributed by atoms with Crippen molar-refractivity contribution in [3.8, 4) is 0 Å². The number of aliphatic hydroxyl groups excluding tert-OH is 1. The Bertz CT molecular complexity index is 284. The van der Waals surface area contributed by atoms with Crippen molar-refractivity contribution in [3.63, 3.8) is 0 Å². The van der Waals surface area contributed by atoms with Crippen LogP contribution in [0.1, 0.15) is 15.9 Å². The van der Waals surface area contributed by atoms with E-state index in [1.807, 2.05) is 0 Å². The predicted octanol–water partition coefficient (Wildman–Crippen LogP) is 1.17. The lowest BCUT2D eigenvalue weighted by molar-refractivity contribution is 0.112. The number of hydrogen-bond acceptors (Lipinski definition) is 2. The normalized spacial score (nSPS) is 9.83. The predicted molar refractivity (Wildman–Crippen MR) is 42.6 cm³/mol. The van der Waals surface area contributed by atoms with E-state index in [0.29, 0.717) is 23.8 Å². The average molecular weight is 168 g/mol. The van der Waals surface area contributed by atoms with Crippen molar-refractivity contribution in [2.45, 2.75) is 6.42 Å². The molecule has 3 heteroatoms. The van der Waals surface area contributed by atoms with E-state index in [0.717, 1.165) is 6.07 Å². The molecule has 1 aromatic carbocycles. The van der Waals surface area contributed by atoms with Crippen LogP contribution in [-0.4, -0.2) is 18.0 Å². The number of halogens is 1. The monoisotopic (exact) mass is 168 g/mol. The van der Waals surface area contributed by atoms with Gasteiger partial charge in [-0.3, -0.25) is 4.79 Å².